The Labute approximate surface area is 427 Å². The van der Waals surface area contributed by atoms with Gasteiger partial charge in [0, 0.05) is 19.3 Å². The molecule has 1 atom stereocenters. The van der Waals surface area contributed by atoms with E-state index in [1.54, 1.807) is 0 Å². The Hall–Kier alpha value is -3.15. The number of esters is 3. The van der Waals surface area contributed by atoms with Crippen molar-refractivity contribution in [2.24, 2.45) is 0 Å². The third-order valence-electron chi connectivity index (χ3n) is 12.7. The number of carbonyl (C=O) groups is 3. The molecular formula is C63H110O6. The van der Waals surface area contributed by atoms with Crippen LogP contribution in [0.3, 0.4) is 0 Å². The van der Waals surface area contributed by atoms with Gasteiger partial charge in [-0.2, -0.15) is 0 Å². The van der Waals surface area contributed by atoms with Gasteiger partial charge in [-0.25, -0.2) is 0 Å². The van der Waals surface area contributed by atoms with Crippen molar-refractivity contribution in [3.8, 4) is 0 Å². The van der Waals surface area contributed by atoms with Gasteiger partial charge in [-0.15, -0.1) is 0 Å². The van der Waals surface area contributed by atoms with E-state index in [-0.39, 0.29) is 37.5 Å². The molecule has 0 aliphatic carbocycles. The number of allylic oxidation sites excluding steroid dienone is 12. The van der Waals surface area contributed by atoms with Crippen LogP contribution in [0.15, 0.2) is 72.9 Å². The van der Waals surface area contributed by atoms with Crippen molar-refractivity contribution in [2.45, 2.75) is 297 Å². The minimum absolute atomic E-state index is 0.0980. The summed E-state index contributed by atoms with van der Waals surface area (Å²) < 4.78 is 16.8. The Morgan fingerprint density at radius 3 is 0.942 bits per heavy atom. The number of unbranched alkanes of at least 4 members (excludes halogenated alkanes) is 30. The van der Waals surface area contributed by atoms with E-state index in [4.69, 9.17) is 14.2 Å². The summed E-state index contributed by atoms with van der Waals surface area (Å²) in [6.45, 7) is 6.49. The van der Waals surface area contributed by atoms with Gasteiger partial charge in [0.15, 0.2) is 6.10 Å². The number of hydrogen-bond acceptors (Lipinski definition) is 6. The van der Waals surface area contributed by atoms with Crippen LogP contribution in [0.5, 0.6) is 0 Å². The van der Waals surface area contributed by atoms with Crippen LogP contribution in [0.4, 0.5) is 0 Å². The molecule has 0 fully saturated rings. The molecule has 0 radical (unpaired) electrons. The van der Waals surface area contributed by atoms with Crippen LogP contribution < -0.4 is 0 Å². The molecule has 0 saturated carbocycles. The summed E-state index contributed by atoms with van der Waals surface area (Å²) in [5.74, 6) is -0.956. The zero-order chi connectivity index (χ0) is 50.0. The van der Waals surface area contributed by atoms with Crippen LogP contribution in [0.2, 0.25) is 0 Å². The highest BCUT2D eigenvalue weighted by Gasteiger charge is 2.19. The van der Waals surface area contributed by atoms with Gasteiger partial charge in [-0.3, -0.25) is 14.4 Å². The number of ether oxygens (including phenoxy) is 3. The maximum atomic E-state index is 12.9. The maximum absolute atomic E-state index is 12.9. The van der Waals surface area contributed by atoms with Gasteiger partial charge in [0.1, 0.15) is 13.2 Å². The monoisotopic (exact) mass is 963 g/mol. The summed E-state index contributed by atoms with van der Waals surface area (Å²) in [4.78, 5) is 38.2. The lowest BCUT2D eigenvalue weighted by Gasteiger charge is -2.18. The van der Waals surface area contributed by atoms with Crippen LogP contribution in [-0.4, -0.2) is 37.2 Å². The summed E-state index contributed by atoms with van der Waals surface area (Å²) in [6.07, 6.45) is 73.3. The van der Waals surface area contributed by atoms with Crippen LogP contribution in [-0.2, 0) is 28.6 Å². The van der Waals surface area contributed by atoms with Gasteiger partial charge in [-0.1, -0.05) is 261 Å². The van der Waals surface area contributed by atoms with Crippen molar-refractivity contribution in [1.82, 2.24) is 0 Å². The Morgan fingerprint density at radius 2 is 0.580 bits per heavy atom. The average Bonchev–Trinajstić information content (AvgIpc) is 3.35. The molecule has 6 nitrogen and oxygen atoms in total. The topological polar surface area (TPSA) is 78.9 Å². The van der Waals surface area contributed by atoms with Crippen molar-refractivity contribution < 1.29 is 28.6 Å². The van der Waals surface area contributed by atoms with E-state index in [2.05, 4.69) is 93.7 Å². The third-order valence-corrected chi connectivity index (χ3v) is 12.7. The molecule has 398 valence electrons. The Kier molecular flexibility index (Phi) is 54.8. The van der Waals surface area contributed by atoms with Crippen LogP contribution in [0.1, 0.15) is 290 Å². The highest BCUT2D eigenvalue weighted by Crippen LogP contribution is 2.16. The number of hydrogen-bond donors (Lipinski definition) is 0. The lowest BCUT2D eigenvalue weighted by molar-refractivity contribution is -0.167. The normalized spacial score (nSPS) is 12.6. The fourth-order valence-corrected chi connectivity index (χ4v) is 8.30. The molecule has 0 aliphatic rings. The first-order valence-electron chi connectivity index (χ1n) is 29.4. The molecular weight excluding hydrogens is 853 g/mol. The van der Waals surface area contributed by atoms with E-state index in [1.807, 2.05) is 0 Å². The molecule has 0 heterocycles. The minimum atomic E-state index is -0.802. The van der Waals surface area contributed by atoms with Crippen molar-refractivity contribution in [3.63, 3.8) is 0 Å². The molecule has 6 heteroatoms. The first-order valence-corrected chi connectivity index (χ1v) is 29.4. The maximum Gasteiger partial charge on any atom is 0.306 e. The molecule has 0 aromatic rings. The van der Waals surface area contributed by atoms with E-state index in [1.165, 1.54) is 148 Å². The van der Waals surface area contributed by atoms with E-state index < -0.39 is 6.10 Å². The van der Waals surface area contributed by atoms with E-state index in [0.717, 1.165) is 96.3 Å². The Balaban J connectivity index is 4.44. The second-order valence-electron chi connectivity index (χ2n) is 19.5. The quantitative estimate of drug-likeness (QED) is 0.0262. The largest absolute Gasteiger partial charge is 0.462 e. The third kappa shape index (κ3) is 55.6. The fourth-order valence-electron chi connectivity index (χ4n) is 8.30. The summed E-state index contributed by atoms with van der Waals surface area (Å²) in [5.41, 5.74) is 0. The molecule has 0 bridgehead atoms. The van der Waals surface area contributed by atoms with Crippen LogP contribution >= 0.6 is 0 Å². The van der Waals surface area contributed by atoms with E-state index >= 15 is 0 Å². The lowest BCUT2D eigenvalue weighted by atomic mass is 10.0. The summed E-state index contributed by atoms with van der Waals surface area (Å²) in [6, 6.07) is 0. The predicted molar refractivity (Wildman–Crippen MR) is 298 cm³/mol. The molecule has 0 aromatic carbocycles. The molecule has 0 rings (SSSR count). The summed E-state index contributed by atoms with van der Waals surface area (Å²) in [5, 5.41) is 0. The summed E-state index contributed by atoms with van der Waals surface area (Å²) in [7, 11) is 0. The van der Waals surface area contributed by atoms with Crippen molar-refractivity contribution in [3.05, 3.63) is 72.9 Å². The average molecular weight is 964 g/mol. The van der Waals surface area contributed by atoms with Crippen LogP contribution in [0.25, 0.3) is 0 Å². The molecule has 0 aliphatic heterocycles. The number of carbonyl (C=O) groups excluding carboxylic acids is 3. The molecule has 0 saturated heterocycles. The second-order valence-corrected chi connectivity index (χ2v) is 19.5. The zero-order valence-electron chi connectivity index (χ0n) is 45.6. The van der Waals surface area contributed by atoms with Crippen molar-refractivity contribution >= 4 is 17.9 Å². The van der Waals surface area contributed by atoms with Gasteiger partial charge in [0.25, 0.3) is 0 Å². The SMILES string of the molecule is CC/C=C\C/C=C\C/C=C\CCCCCCCC(=O)OC[C@H](COC(=O)CCC/C=C\C/C=C\C/C=C\CCCCCCCC)OC(=O)CCCCCCCCCCCCCCCCCCCCC. The first-order chi connectivity index (χ1) is 34.0. The molecule has 0 unspecified atom stereocenters. The molecule has 69 heavy (non-hydrogen) atoms. The van der Waals surface area contributed by atoms with Crippen molar-refractivity contribution in [1.29, 1.82) is 0 Å². The van der Waals surface area contributed by atoms with Gasteiger partial charge < -0.3 is 14.2 Å². The summed E-state index contributed by atoms with van der Waals surface area (Å²) >= 11 is 0. The molecule has 0 aromatic heterocycles. The first kappa shape index (κ1) is 65.8. The number of rotatable bonds is 53. The van der Waals surface area contributed by atoms with Gasteiger partial charge in [0.2, 0.25) is 0 Å². The molecule has 0 N–H and O–H groups in total. The standard InChI is InChI=1S/C63H110O6/c1-4-7-10-13-16-19-22-25-28-30-31-33-36-39-42-45-48-51-54-57-63(66)69-60(58-67-61(64)55-52-49-46-43-40-37-34-27-24-21-18-15-12-9-6-3)59-68-62(65)56-53-50-47-44-41-38-35-32-29-26-23-20-17-14-11-8-5-2/h9,12,18,21,26-27,29,34-35,38,44,47,60H,4-8,10-11,13-17,19-20,22-25,28,30-33,36-37,39-43,45-46,48-59H2,1-3H3/b12-9-,21-18-,29-26-,34-27-,38-35-,47-44-/t60-/m1/s1. The Bertz CT molecular complexity index is 1290. The van der Waals surface area contributed by atoms with Gasteiger partial charge in [0.05, 0.1) is 0 Å². The van der Waals surface area contributed by atoms with Gasteiger partial charge >= 0.3 is 17.9 Å². The van der Waals surface area contributed by atoms with Crippen molar-refractivity contribution in [2.75, 3.05) is 13.2 Å². The minimum Gasteiger partial charge on any atom is -0.462 e. The smallest absolute Gasteiger partial charge is 0.306 e. The predicted octanol–water partition coefficient (Wildman–Crippen LogP) is 19.8. The molecule has 0 amide bonds. The zero-order valence-corrected chi connectivity index (χ0v) is 45.6. The van der Waals surface area contributed by atoms with Gasteiger partial charge in [-0.05, 0) is 83.5 Å². The Morgan fingerprint density at radius 1 is 0.304 bits per heavy atom. The van der Waals surface area contributed by atoms with E-state index in [9.17, 15) is 14.4 Å². The lowest BCUT2D eigenvalue weighted by Crippen LogP contribution is -2.30. The van der Waals surface area contributed by atoms with Crippen LogP contribution in [0, 0.1) is 0 Å². The second kappa shape index (κ2) is 57.4. The highest BCUT2D eigenvalue weighted by molar-refractivity contribution is 5.71. The van der Waals surface area contributed by atoms with E-state index in [0.29, 0.717) is 19.3 Å². The fraction of sp³-hybridized carbons (Fsp3) is 0.762. The highest BCUT2D eigenvalue weighted by atomic mass is 16.6. The molecule has 0 spiro atoms.